The molecule has 176 valence electrons. The van der Waals surface area contributed by atoms with E-state index in [1.54, 1.807) is 36.4 Å². The van der Waals surface area contributed by atoms with Crippen LogP contribution in [0.4, 0.5) is 0 Å². The van der Waals surface area contributed by atoms with Gasteiger partial charge in [-0.05, 0) is 36.6 Å². The Morgan fingerprint density at radius 2 is 1.45 bits per heavy atom. The SMILES string of the molecule is C[C@@H](NC(=O)[C@H](N)Cc1ccc(O)cc1)C(=O)N[C@@H](Cc1ccccc1)C(=O)NCC(N)=O. The topological polar surface area (TPSA) is 177 Å². The second-order valence-electron chi connectivity index (χ2n) is 7.64. The van der Waals surface area contributed by atoms with Crippen LogP contribution in [0.2, 0.25) is 0 Å². The molecule has 2 aromatic rings. The number of carbonyl (C=O) groups excluding carboxylic acids is 4. The summed E-state index contributed by atoms with van der Waals surface area (Å²) in [4.78, 5) is 48.6. The van der Waals surface area contributed by atoms with E-state index in [-0.39, 0.29) is 25.1 Å². The Morgan fingerprint density at radius 1 is 0.848 bits per heavy atom. The van der Waals surface area contributed by atoms with Gasteiger partial charge in [0.15, 0.2) is 0 Å². The number of phenols is 1. The zero-order valence-electron chi connectivity index (χ0n) is 18.3. The minimum absolute atomic E-state index is 0.104. The average molecular weight is 456 g/mol. The zero-order valence-corrected chi connectivity index (χ0v) is 18.3. The van der Waals surface area contributed by atoms with Crippen molar-refractivity contribution in [2.75, 3.05) is 6.54 Å². The van der Waals surface area contributed by atoms with Crippen molar-refractivity contribution in [3.63, 3.8) is 0 Å². The van der Waals surface area contributed by atoms with E-state index in [1.165, 1.54) is 19.1 Å². The molecule has 0 bridgehead atoms. The van der Waals surface area contributed by atoms with Crippen molar-refractivity contribution in [2.45, 2.75) is 37.9 Å². The Kier molecular flexibility index (Phi) is 9.37. The molecule has 10 heteroatoms. The normalized spacial score (nSPS) is 13.3. The van der Waals surface area contributed by atoms with E-state index < -0.39 is 41.8 Å². The van der Waals surface area contributed by atoms with E-state index >= 15 is 0 Å². The number of nitrogens with one attached hydrogen (secondary N) is 3. The van der Waals surface area contributed by atoms with Crippen molar-refractivity contribution in [2.24, 2.45) is 11.5 Å². The highest BCUT2D eigenvalue weighted by molar-refractivity contribution is 5.93. The maximum atomic E-state index is 12.7. The highest BCUT2D eigenvalue weighted by Gasteiger charge is 2.26. The molecular formula is C23H29N5O5. The number of aromatic hydroxyl groups is 1. The summed E-state index contributed by atoms with van der Waals surface area (Å²) in [5.41, 5.74) is 12.6. The van der Waals surface area contributed by atoms with Crippen LogP contribution in [0.5, 0.6) is 5.75 Å². The maximum Gasteiger partial charge on any atom is 0.243 e. The molecule has 0 aromatic heterocycles. The molecule has 0 aliphatic rings. The molecule has 0 spiro atoms. The van der Waals surface area contributed by atoms with Gasteiger partial charge in [-0.15, -0.1) is 0 Å². The van der Waals surface area contributed by atoms with Gasteiger partial charge >= 0.3 is 0 Å². The van der Waals surface area contributed by atoms with Gasteiger partial charge in [-0.25, -0.2) is 0 Å². The molecule has 0 aliphatic carbocycles. The summed E-state index contributed by atoms with van der Waals surface area (Å²) in [6.07, 6.45) is 0.394. The molecule has 0 unspecified atom stereocenters. The van der Waals surface area contributed by atoms with Gasteiger partial charge in [0.25, 0.3) is 0 Å². The third-order valence-corrected chi connectivity index (χ3v) is 4.83. The smallest absolute Gasteiger partial charge is 0.243 e. The molecule has 0 saturated heterocycles. The van der Waals surface area contributed by atoms with E-state index in [1.807, 2.05) is 6.07 Å². The number of phenolic OH excluding ortho intramolecular Hbond substituents is 1. The molecular weight excluding hydrogens is 426 g/mol. The summed E-state index contributed by atoms with van der Waals surface area (Å²) in [5.74, 6) is -2.31. The third kappa shape index (κ3) is 8.62. The van der Waals surface area contributed by atoms with Gasteiger partial charge in [0.05, 0.1) is 12.6 Å². The molecule has 0 fully saturated rings. The van der Waals surface area contributed by atoms with Crippen molar-refractivity contribution in [1.29, 1.82) is 0 Å². The Balaban J connectivity index is 1.97. The zero-order chi connectivity index (χ0) is 24.4. The first-order valence-corrected chi connectivity index (χ1v) is 10.4. The third-order valence-electron chi connectivity index (χ3n) is 4.83. The molecule has 0 radical (unpaired) electrons. The van der Waals surface area contributed by atoms with Gasteiger partial charge < -0.3 is 32.5 Å². The maximum absolute atomic E-state index is 12.7. The largest absolute Gasteiger partial charge is 0.508 e. The number of rotatable bonds is 11. The van der Waals surface area contributed by atoms with E-state index in [2.05, 4.69) is 16.0 Å². The van der Waals surface area contributed by atoms with Crippen LogP contribution in [0.15, 0.2) is 54.6 Å². The minimum Gasteiger partial charge on any atom is -0.508 e. The van der Waals surface area contributed by atoms with Gasteiger partial charge in [0.1, 0.15) is 17.8 Å². The van der Waals surface area contributed by atoms with Crippen LogP contribution >= 0.6 is 0 Å². The van der Waals surface area contributed by atoms with Gasteiger partial charge in [-0.2, -0.15) is 0 Å². The second kappa shape index (κ2) is 12.2. The molecule has 10 nitrogen and oxygen atoms in total. The molecule has 3 atom stereocenters. The summed E-state index contributed by atoms with van der Waals surface area (Å²) in [6, 6.07) is 12.4. The summed E-state index contributed by atoms with van der Waals surface area (Å²) < 4.78 is 0. The Bertz CT molecular complexity index is 965. The molecule has 8 N–H and O–H groups in total. The number of amides is 4. The fourth-order valence-electron chi connectivity index (χ4n) is 3.02. The van der Waals surface area contributed by atoms with Gasteiger partial charge in [-0.1, -0.05) is 42.5 Å². The van der Waals surface area contributed by atoms with Crippen LogP contribution in [0.1, 0.15) is 18.1 Å². The monoisotopic (exact) mass is 455 g/mol. The lowest BCUT2D eigenvalue weighted by molar-refractivity contribution is -0.132. The fourth-order valence-corrected chi connectivity index (χ4v) is 3.02. The number of benzene rings is 2. The van der Waals surface area contributed by atoms with Gasteiger partial charge in [-0.3, -0.25) is 19.2 Å². The van der Waals surface area contributed by atoms with E-state index in [0.29, 0.717) is 0 Å². The number of carbonyl (C=O) groups is 4. The molecule has 2 aromatic carbocycles. The second-order valence-corrected chi connectivity index (χ2v) is 7.64. The minimum atomic E-state index is -0.982. The Hall–Kier alpha value is -3.92. The Morgan fingerprint density at radius 3 is 2.06 bits per heavy atom. The number of nitrogens with two attached hydrogens (primary N) is 2. The predicted octanol–water partition coefficient (Wildman–Crippen LogP) is -0.904. The first-order chi connectivity index (χ1) is 15.7. The number of hydrogen-bond donors (Lipinski definition) is 6. The van der Waals surface area contributed by atoms with Crippen LogP contribution in [-0.4, -0.2) is 53.4 Å². The summed E-state index contributed by atoms with van der Waals surface area (Å²) >= 11 is 0. The lowest BCUT2D eigenvalue weighted by Gasteiger charge is -2.22. The molecule has 0 saturated carbocycles. The quantitative estimate of drug-likeness (QED) is 0.256. The molecule has 33 heavy (non-hydrogen) atoms. The predicted molar refractivity (Wildman–Crippen MR) is 122 cm³/mol. The number of hydrogen-bond acceptors (Lipinski definition) is 6. The molecule has 4 amide bonds. The molecule has 2 rings (SSSR count). The van der Waals surface area contributed by atoms with Crippen molar-refractivity contribution in [1.82, 2.24) is 16.0 Å². The molecule has 0 aliphatic heterocycles. The standard InChI is InChI=1S/C23H29N5O5/c1-14(27-22(32)18(24)11-16-7-9-17(29)10-8-16)21(31)28-19(23(33)26-13-20(25)30)12-15-5-3-2-4-6-15/h2-10,14,18-19,29H,11-13,24H2,1H3,(H2,25,30)(H,26,33)(H,27,32)(H,28,31)/t14-,18-,19+/m1/s1. The highest BCUT2D eigenvalue weighted by atomic mass is 16.3. The van der Waals surface area contributed by atoms with Gasteiger partial charge in [0.2, 0.25) is 23.6 Å². The Labute approximate surface area is 191 Å². The van der Waals surface area contributed by atoms with Crippen molar-refractivity contribution in [3.05, 3.63) is 65.7 Å². The van der Waals surface area contributed by atoms with Crippen LogP contribution in [-0.2, 0) is 32.0 Å². The highest BCUT2D eigenvalue weighted by Crippen LogP contribution is 2.11. The van der Waals surface area contributed by atoms with E-state index in [0.717, 1.165) is 11.1 Å². The van der Waals surface area contributed by atoms with Crippen LogP contribution in [0.25, 0.3) is 0 Å². The lowest BCUT2D eigenvalue weighted by Crippen LogP contribution is -2.56. The van der Waals surface area contributed by atoms with Crippen molar-refractivity contribution in [3.8, 4) is 5.75 Å². The molecule has 0 heterocycles. The first kappa shape index (κ1) is 25.3. The summed E-state index contributed by atoms with van der Waals surface area (Å²) in [7, 11) is 0. The van der Waals surface area contributed by atoms with Crippen molar-refractivity contribution >= 4 is 23.6 Å². The number of primary amides is 1. The van der Waals surface area contributed by atoms with E-state index in [4.69, 9.17) is 11.5 Å². The van der Waals surface area contributed by atoms with Crippen LogP contribution in [0.3, 0.4) is 0 Å². The fraction of sp³-hybridized carbons (Fsp3) is 0.304. The van der Waals surface area contributed by atoms with E-state index in [9.17, 15) is 24.3 Å². The lowest BCUT2D eigenvalue weighted by atomic mass is 10.0. The first-order valence-electron chi connectivity index (χ1n) is 10.4. The van der Waals surface area contributed by atoms with Crippen LogP contribution < -0.4 is 27.4 Å². The van der Waals surface area contributed by atoms with Crippen molar-refractivity contribution < 1.29 is 24.3 Å². The summed E-state index contributed by atoms with van der Waals surface area (Å²) in [6.45, 7) is 1.11. The van der Waals surface area contributed by atoms with Crippen LogP contribution in [0, 0.1) is 0 Å². The average Bonchev–Trinajstić information content (AvgIpc) is 2.78. The van der Waals surface area contributed by atoms with Gasteiger partial charge in [0, 0.05) is 6.42 Å². The summed E-state index contributed by atoms with van der Waals surface area (Å²) in [5, 5.41) is 16.9.